The molecule has 2 N–H and O–H groups in total. The Balaban J connectivity index is 1.88. The van der Waals surface area contributed by atoms with Crippen molar-refractivity contribution >= 4 is 11.6 Å². The fraction of sp³-hybridized carbons (Fsp3) is 0.636. The maximum absolute atomic E-state index is 6.24. The number of ether oxygens (including phenoxy) is 1. The molecule has 0 atom stereocenters. The number of rotatable bonds is 3. The van der Waals surface area contributed by atoms with Gasteiger partial charge in [0.15, 0.2) is 5.15 Å². The van der Waals surface area contributed by atoms with Crippen molar-refractivity contribution in [2.75, 3.05) is 6.61 Å². The molecule has 1 aromatic rings. The second-order valence-electron chi connectivity index (χ2n) is 4.41. The van der Waals surface area contributed by atoms with Crippen molar-refractivity contribution in [3.05, 3.63) is 17.3 Å². The average molecular weight is 242 g/mol. The molecule has 1 aromatic heterocycles. The van der Waals surface area contributed by atoms with Crippen molar-refractivity contribution in [2.45, 2.75) is 37.6 Å². The van der Waals surface area contributed by atoms with E-state index < -0.39 is 0 Å². The highest BCUT2D eigenvalue weighted by Gasteiger charge is 2.28. The first-order valence-electron chi connectivity index (χ1n) is 5.59. The lowest BCUT2D eigenvalue weighted by Crippen LogP contribution is -2.47. The third kappa shape index (κ3) is 3.06. The average Bonchev–Trinajstić information content (AvgIpc) is 2.29. The highest BCUT2D eigenvalue weighted by molar-refractivity contribution is 6.29. The lowest BCUT2D eigenvalue weighted by Gasteiger charge is -2.32. The lowest BCUT2D eigenvalue weighted by molar-refractivity contribution is 0.168. The molecule has 1 heterocycles. The van der Waals surface area contributed by atoms with Crippen LogP contribution in [0, 0.1) is 0 Å². The van der Waals surface area contributed by atoms with Gasteiger partial charge in [0.25, 0.3) is 0 Å². The number of nitrogens with two attached hydrogens (primary N) is 1. The van der Waals surface area contributed by atoms with E-state index in [4.69, 9.17) is 22.1 Å². The zero-order valence-electron chi connectivity index (χ0n) is 9.16. The van der Waals surface area contributed by atoms with Gasteiger partial charge in [0, 0.05) is 6.07 Å². The summed E-state index contributed by atoms with van der Waals surface area (Å²) < 4.78 is 5.55. The summed E-state index contributed by atoms with van der Waals surface area (Å²) in [4.78, 5) is 0. The fourth-order valence-corrected chi connectivity index (χ4v) is 2.10. The Hall–Kier alpha value is -0.870. The molecule has 0 radical (unpaired) electrons. The van der Waals surface area contributed by atoms with E-state index in [1.807, 2.05) is 0 Å². The molecule has 0 aliphatic heterocycles. The largest absolute Gasteiger partial charge is 0.475 e. The van der Waals surface area contributed by atoms with E-state index in [0.717, 1.165) is 12.8 Å². The Kier molecular flexibility index (Phi) is 3.61. The smallest absolute Gasteiger partial charge is 0.233 e. The van der Waals surface area contributed by atoms with Crippen LogP contribution in [0.3, 0.4) is 0 Å². The van der Waals surface area contributed by atoms with Gasteiger partial charge in [-0.05, 0) is 18.9 Å². The van der Waals surface area contributed by atoms with Gasteiger partial charge in [-0.3, -0.25) is 0 Å². The molecule has 1 aliphatic carbocycles. The number of aromatic nitrogens is 2. The van der Waals surface area contributed by atoms with Crippen LogP contribution < -0.4 is 10.5 Å². The van der Waals surface area contributed by atoms with Crippen molar-refractivity contribution in [3.63, 3.8) is 0 Å². The van der Waals surface area contributed by atoms with Crippen LogP contribution >= 0.6 is 11.6 Å². The highest BCUT2D eigenvalue weighted by Crippen LogP contribution is 2.26. The maximum atomic E-state index is 6.24. The summed E-state index contributed by atoms with van der Waals surface area (Å²) in [5.41, 5.74) is 6.04. The number of hydrogen-bond donors (Lipinski definition) is 1. The first-order chi connectivity index (χ1) is 7.68. The van der Waals surface area contributed by atoms with E-state index in [1.165, 1.54) is 19.3 Å². The third-order valence-corrected chi connectivity index (χ3v) is 3.17. The molecule has 1 saturated carbocycles. The molecule has 0 amide bonds. The van der Waals surface area contributed by atoms with Crippen LogP contribution in [-0.2, 0) is 0 Å². The Morgan fingerprint density at radius 3 is 2.62 bits per heavy atom. The van der Waals surface area contributed by atoms with E-state index in [2.05, 4.69) is 10.2 Å². The van der Waals surface area contributed by atoms with Gasteiger partial charge in [-0.15, -0.1) is 10.2 Å². The van der Waals surface area contributed by atoms with Crippen molar-refractivity contribution in [1.82, 2.24) is 10.2 Å². The zero-order chi connectivity index (χ0) is 11.4. The van der Waals surface area contributed by atoms with Gasteiger partial charge < -0.3 is 10.5 Å². The Bertz CT molecular complexity index is 336. The summed E-state index contributed by atoms with van der Waals surface area (Å²) in [6.45, 7) is 0.503. The summed E-state index contributed by atoms with van der Waals surface area (Å²) >= 11 is 5.63. The quantitative estimate of drug-likeness (QED) is 0.881. The van der Waals surface area contributed by atoms with Crippen LogP contribution in [0.1, 0.15) is 32.1 Å². The Morgan fingerprint density at radius 2 is 2.00 bits per heavy atom. The molecule has 0 spiro atoms. The molecule has 1 aliphatic rings. The van der Waals surface area contributed by atoms with Crippen molar-refractivity contribution in [3.8, 4) is 5.88 Å². The van der Waals surface area contributed by atoms with Crippen LogP contribution in [0.25, 0.3) is 0 Å². The van der Waals surface area contributed by atoms with Crippen LogP contribution in [0.15, 0.2) is 12.1 Å². The van der Waals surface area contributed by atoms with Crippen LogP contribution in [0.2, 0.25) is 5.15 Å². The zero-order valence-corrected chi connectivity index (χ0v) is 9.91. The standard InChI is InChI=1S/C11H16ClN3O/c12-9-4-5-10(15-14-9)16-8-11(13)6-2-1-3-7-11/h4-5H,1-3,6-8,13H2. The molecular weight excluding hydrogens is 226 g/mol. The molecular formula is C11H16ClN3O. The monoisotopic (exact) mass is 241 g/mol. The van der Waals surface area contributed by atoms with E-state index in [9.17, 15) is 0 Å². The molecule has 0 aromatic carbocycles. The molecule has 88 valence electrons. The Morgan fingerprint density at radius 1 is 1.25 bits per heavy atom. The topological polar surface area (TPSA) is 61.0 Å². The molecule has 5 heteroatoms. The van der Waals surface area contributed by atoms with E-state index >= 15 is 0 Å². The third-order valence-electron chi connectivity index (χ3n) is 2.96. The van der Waals surface area contributed by atoms with E-state index in [-0.39, 0.29) is 5.54 Å². The van der Waals surface area contributed by atoms with Crippen molar-refractivity contribution in [2.24, 2.45) is 5.73 Å². The van der Waals surface area contributed by atoms with Crippen molar-refractivity contribution < 1.29 is 4.74 Å². The number of nitrogens with zero attached hydrogens (tertiary/aromatic N) is 2. The fourth-order valence-electron chi connectivity index (χ4n) is 2.00. The first-order valence-corrected chi connectivity index (χ1v) is 5.97. The minimum Gasteiger partial charge on any atom is -0.475 e. The van der Waals surface area contributed by atoms with Crippen molar-refractivity contribution in [1.29, 1.82) is 0 Å². The second kappa shape index (κ2) is 4.97. The molecule has 0 saturated heterocycles. The number of hydrogen-bond acceptors (Lipinski definition) is 4. The molecule has 16 heavy (non-hydrogen) atoms. The van der Waals surface area contributed by atoms with Gasteiger partial charge in [-0.2, -0.15) is 0 Å². The molecule has 0 bridgehead atoms. The van der Waals surface area contributed by atoms with Gasteiger partial charge in [0.1, 0.15) is 6.61 Å². The predicted octanol–water partition coefficient (Wildman–Crippen LogP) is 2.17. The molecule has 4 nitrogen and oxygen atoms in total. The summed E-state index contributed by atoms with van der Waals surface area (Å²) in [5.74, 6) is 0.486. The minimum absolute atomic E-state index is 0.195. The minimum atomic E-state index is -0.195. The van der Waals surface area contributed by atoms with E-state index in [1.54, 1.807) is 12.1 Å². The summed E-state index contributed by atoms with van der Waals surface area (Å²) in [5, 5.41) is 7.92. The summed E-state index contributed by atoms with van der Waals surface area (Å²) in [6, 6.07) is 3.37. The lowest BCUT2D eigenvalue weighted by atomic mass is 9.83. The summed E-state index contributed by atoms with van der Waals surface area (Å²) in [7, 11) is 0. The van der Waals surface area contributed by atoms with Gasteiger partial charge in [-0.1, -0.05) is 30.9 Å². The normalized spacial score (nSPS) is 19.4. The molecule has 2 rings (SSSR count). The van der Waals surface area contributed by atoms with Crippen LogP contribution in [-0.4, -0.2) is 22.3 Å². The van der Waals surface area contributed by atoms with Crippen LogP contribution in [0.4, 0.5) is 0 Å². The van der Waals surface area contributed by atoms with Crippen LogP contribution in [0.5, 0.6) is 5.88 Å². The molecule has 1 fully saturated rings. The Labute approximate surface area is 100 Å². The molecule has 0 unspecified atom stereocenters. The first kappa shape index (κ1) is 11.6. The number of halogens is 1. The van der Waals surface area contributed by atoms with Gasteiger partial charge in [-0.25, -0.2) is 0 Å². The highest BCUT2D eigenvalue weighted by atomic mass is 35.5. The maximum Gasteiger partial charge on any atom is 0.233 e. The van der Waals surface area contributed by atoms with Gasteiger partial charge in [0.05, 0.1) is 5.54 Å². The SMILES string of the molecule is NC1(COc2ccc(Cl)nn2)CCCCC1. The summed E-state index contributed by atoms with van der Waals surface area (Å²) in [6.07, 6.45) is 5.69. The van der Waals surface area contributed by atoms with Gasteiger partial charge in [0.2, 0.25) is 5.88 Å². The predicted molar refractivity (Wildman–Crippen MR) is 62.5 cm³/mol. The second-order valence-corrected chi connectivity index (χ2v) is 4.79. The van der Waals surface area contributed by atoms with E-state index in [0.29, 0.717) is 17.6 Å². The van der Waals surface area contributed by atoms with Gasteiger partial charge >= 0.3 is 0 Å².